The van der Waals surface area contributed by atoms with E-state index in [-0.39, 0.29) is 5.92 Å². The summed E-state index contributed by atoms with van der Waals surface area (Å²) >= 11 is 0. The third-order valence-electron chi connectivity index (χ3n) is 3.36. The number of rotatable bonds is 2. The molecule has 0 bridgehead atoms. The lowest BCUT2D eigenvalue weighted by molar-refractivity contribution is 0.316. The molecule has 2 aromatic carbocycles. The fourth-order valence-corrected chi connectivity index (χ4v) is 2.44. The summed E-state index contributed by atoms with van der Waals surface area (Å²) < 4.78 is 0. The van der Waals surface area contributed by atoms with Crippen molar-refractivity contribution in [3.63, 3.8) is 0 Å². The van der Waals surface area contributed by atoms with Crippen molar-refractivity contribution in [3.05, 3.63) is 71.3 Å². The second-order valence-electron chi connectivity index (χ2n) is 4.31. The van der Waals surface area contributed by atoms with Gasteiger partial charge in [-0.1, -0.05) is 59.8 Å². The normalized spacial score (nSPS) is 18.4. The van der Waals surface area contributed by atoms with Crippen molar-refractivity contribution in [1.82, 2.24) is 0 Å². The predicted molar refractivity (Wildman–Crippen MR) is 67.7 cm³/mol. The lowest BCUT2D eigenvalue weighted by Gasteiger charge is -2.30. The number of hydrogen-bond acceptors (Lipinski definition) is 2. The average molecular weight is 223 g/mol. The quantitative estimate of drug-likeness (QED) is 0.473. The SMILES string of the molecule is O/N=C(\c1ccccc1)[C@H]1Cc2ccccc21. The molecule has 0 aromatic heterocycles. The van der Waals surface area contributed by atoms with Gasteiger partial charge in [0.2, 0.25) is 0 Å². The summed E-state index contributed by atoms with van der Waals surface area (Å²) in [5, 5.41) is 12.7. The fraction of sp³-hybridized carbons (Fsp3) is 0.133. The predicted octanol–water partition coefficient (Wildman–Crippen LogP) is 3.20. The Bertz CT molecular complexity index is 560. The first kappa shape index (κ1) is 10.1. The molecule has 84 valence electrons. The summed E-state index contributed by atoms with van der Waals surface area (Å²) in [6.07, 6.45) is 0.963. The van der Waals surface area contributed by atoms with Crippen molar-refractivity contribution < 1.29 is 5.21 Å². The molecule has 0 spiro atoms. The maximum atomic E-state index is 9.23. The number of fused-ring (bicyclic) bond motifs is 1. The van der Waals surface area contributed by atoms with Gasteiger partial charge in [-0.15, -0.1) is 0 Å². The van der Waals surface area contributed by atoms with Gasteiger partial charge in [-0.05, 0) is 23.1 Å². The molecule has 1 aliphatic rings. The molecular weight excluding hydrogens is 210 g/mol. The lowest BCUT2D eigenvalue weighted by atomic mass is 9.73. The third kappa shape index (κ3) is 1.62. The number of benzene rings is 2. The topological polar surface area (TPSA) is 32.6 Å². The van der Waals surface area contributed by atoms with Gasteiger partial charge in [-0.25, -0.2) is 0 Å². The molecule has 3 rings (SSSR count). The molecule has 0 amide bonds. The van der Waals surface area contributed by atoms with Crippen LogP contribution in [0.1, 0.15) is 22.6 Å². The zero-order chi connectivity index (χ0) is 11.7. The second kappa shape index (κ2) is 4.06. The van der Waals surface area contributed by atoms with E-state index in [2.05, 4.69) is 17.3 Å². The second-order valence-corrected chi connectivity index (χ2v) is 4.31. The molecule has 17 heavy (non-hydrogen) atoms. The van der Waals surface area contributed by atoms with Gasteiger partial charge >= 0.3 is 0 Å². The largest absolute Gasteiger partial charge is 0.411 e. The van der Waals surface area contributed by atoms with Crippen molar-refractivity contribution in [1.29, 1.82) is 0 Å². The zero-order valence-electron chi connectivity index (χ0n) is 9.38. The van der Waals surface area contributed by atoms with Crippen LogP contribution < -0.4 is 0 Å². The molecule has 0 saturated carbocycles. The number of hydrogen-bond donors (Lipinski definition) is 1. The minimum Gasteiger partial charge on any atom is -0.411 e. The van der Waals surface area contributed by atoms with Gasteiger partial charge in [0.1, 0.15) is 0 Å². The van der Waals surface area contributed by atoms with Crippen LogP contribution in [0.4, 0.5) is 0 Å². The van der Waals surface area contributed by atoms with Crippen molar-refractivity contribution in [3.8, 4) is 0 Å². The molecule has 1 atom stereocenters. The van der Waals surface area contributed by atoms with E-state index < -0.39 is 0 Å². The first-order chi connectivity index (χ1) is 8.40. The van der Waals surface area contributed by atoms with Crippen LogP contribution in [0.5, 0.6) is 0 Å². The van der Waals surface area contributed by atoms with E-state index in [1.165, 1.54) is 11.1 Å². The summed E-state index contributed by atoms with van der Waals surface area (Å²) in [7, 11) is 0. The van der Waals surface area contributed by atoms with E-state index in [0.717, 1.165) is 17.7 Å². The smallest absolute Gasteiger partial charge is 0.0945 e. The third-order valence-corrected chi connectivity index (χ3v) is 3.36. The fourth-order valence-electron chi connectivity index (χ4n) is 2.44. The Labute approximate surface area is 100 Å². The highest BCUT2D eigenvalue weighted by atomic mass is 16.4. The minimum atomic E-state index is 0.235. The maximum Gasteiger partial charge on any atom is 0.0945 e. The summed E-state index contributed by atoms with van der Waals surface area (Å²) in [6.45, 7) is 0. The molecule has 0 saturated heterocycles. The van der Waals surface area contributed by atoms with Gasteiger partial charge in [0.15, 0.2) is 0 Å². The van der Waals surface area contributed by atoms with Crippen molar-refractivity contribution in [2.75, 3.05) is 0 Å². The highest BCUT2D eigenvalue weighted by Gasteiger charge is 2.30. The monoisotopic (exact) mass is 223 g/mol. The van der Waals surface area contributed by atoms with Crippen LogP contribution >= 0.6 is 0 Å². The van der Waals surface area contributed by atoms with E-state index in [4.69, 9.17) is 0 Å². The Morgan fingerprint density at radius 2 is 1.71 bits per heavy atom. The van der Waals surface area contributed by atoms with Crippen molar-refractivity contribution in [2.24, 2.45) is 5.16 Å². The van der Waals surface area contributed by atoms with Crippen LogP contribution in [0.15, 0.2) is 59.8 Å². The van der Waals surface area contributed by atoms with E-state index >= 15 is 0 Å². The number of nitrogens with zero attached hydrogens (tertiary/aromatic N) is 1. The van der Waals surface area contributed by atoms with Crippen LogP contribution in [0.3, 0.4) is 0 Å². The zero-order valence-corrected chi connectivity index (χ0v) is 9.38. The standard InChI is InChI=1S/C15H13NO/c17-16-15(11-6-2-1-3-7-11)14-10-12-8-4-5-9-13(12)14/h1-9,14,17H,10H2/b16-15+/t14-/m0/s1. The summed E-state index contributed by atoms with van der Waals surface area (Å²) in [4.78, 5) is 0. The molecule has 2 nitrogen and oxygen atoms in total. The van der Waals surface area contributed by atoms with Gasteiger partial charge in [-0.3, -0.25) is 0 Å². The van der Waals surface area contributed by atoms with Crippen LogP contribution in [0.2, 0.25) is 0 Å². The summed E-state index contributed by atoms with van der Waals surface area (Å²) in [5.41, 5.74) is 4.40. The van der Waals surface area contributed by atoms with Crippen molar-refractivity contribution >= 4 is 5.71 Å². The van der Waals surface area contributed by atoms with E-state index in [0.29, 0.717) is 0 Å². The Morgan fingerprint density at radius 1 is 1.00 bits per heavy atom. The van der Waals surface area contributed by atoms with E-state index in [1.807, 2.05) is 42.5 Å². The molecule has 0 unspecified atom stereocenters. The molecule has 0 fully saturated rings. The molecule has 1 aliphatic carbocycles. The number of oxime groups is 1. The van der Waals surface area contributed by atoms with Crippen LogP contribution in [0.25, 0.3) is 0 Å². The van der Waals surface area contributed by atoms with Gasteiger partial charge in [-0.2, -0.15) is 0 Å². The Morgan fingerprint density at radius 3 is 2.41 bits per heavy atom. The first-order valence-corrected chi connectivity index (χ1v) is 5.75. The first-order valence-electron chi connectivity index (χ1n) is 5.75. The maximum absolute atomic E-state index is 9.23. The summed E-state index contributed by atoms with van der Waals surface area (Å²) in [5.74, 6) is 0.235. The van der Waals surface area contributed by atoms with E-state index in [9.17, 15) is 5.21 Å². The molecule has 2 heteroatoms. The Balaban J connectivity index is 1.96. The molecule has 0 radical (unpaired) electrons. The average Bonchev–Trinajstić information content (AvgIpc) is 2.37. The van der Waals surface area contributed by atoms with Crippen LogP contribution in [0, 0.1) is 0 Å². The molecular formula is C15H13NO. The minimum absolute atomic E-state index is 0.235. The van der Waals surface area contributed by atoms with Crippen molar-refractivity contribution in [2.45, 2.75) is 12.3 Å². The highest BCUT2D eigenvalue weighted by Crippen LogP contribution is 2.37. The van der Waals surface area contributed by atoms with Gasteiger partial charge in [0, 0.05) is 5.92 Å². The van der Waals surface area contributed by atoms with Crippen LogP contribution in [-0.2, 0) is 6.42 Å². The van der Waals surface area contributed by atoms with E-state index in [1.54, 1.807) is 0 Å². The molecule has 0 aliphatic heterocycles. The molecule has 1 N–H and O–H groups in total. The highest BCUT2D eigenvalue weighted by molar-refractivity contribution is 6.06. The Kier molecular flexibility index (Phi) is 2.41. The van der Waals surface area contributed by atoms with Gasteiger partial charge < -0.3 is 5.21 Å². The Hall–Kier alpha value is -2.09. The molecule has 2 aromatic rings. The summed E-state index contributed by atoms with van der Waals surface area (Å²) in [6, 6.07) is 18.2. The van der Waals surface area contributed by atoms with Gasteiger partial charge in [0.25, 0.3) is 0 Å². The van der Waals surface area contributed by atoms with Gasteiger partial charge in [0.05, 0.1) is 5.71 Å². The molecule has 0 heterocycles. The van der Waals surface area contributed by atoms with Crippen LogP contribution in [-0.4, -0.2) is 10.9 Å². The lowest BCUT2D eigenvalue weighted by Crippen LogP contribution is -2.26.